The molecule has 0 bridgehead atoms. The molecule has 1 saturated heterocycles. The fraction of sp³-hybridized carbons (Fsp3) is 0.933. The molecule has 1 aliphatic carbocycles. The van der Waals surface area contributed by atoms with Crippen molar-refractivity contribution in [2.75, 3.05) is 26.2 Å². The van der Waals surface area contributed by atoms with Crippen molar-refractivity contribution in [3.05, 3.63) is 0 Å². The molecule has 2 amide bonds. The summed E-state index contributed by atoms with van der Waals surface area (Å²) in [6.07, 6.45) is 6.30. The molecule has 4 heteroatoms. The number of nitrogens with one attached hydrogen (secondary N) is 2. The van der Waals surface area contributed by atoms with Crippen LogP contribution in [0.4, 0.5) is 4.79 Å². The smallest absolute Gasteiger partial charge is 0.315 e. The predicted molar refractivity (Wildman–Crippen MR) is 78.2 cm³/mol. The van der Waals surface area contributed by atoms with Gasteiger partial charge in [0.25, 0.3) is 0 Å². The summed E-state index contributed by atoms with van der Waals surface area (Å²) in [5.41, 5.74) is 0. The highest BCUT2D eigenvalue weighted by Crippen LogP contribution is 2.32. The lowest BCUT2D eigenvalue weighted by molar-refractivity contribution is 0.181. The molecule has 2 N–H and O–H groups in total. The Labute approximate surface area is 117 Å². The van der Waals surface area contributed by atoms with E-state index in [-0.39, 0.29) is 6.03 Å². The molecule has 2 rings (SSSR count). The zero-order chi connectivity index (χ0) is 13.7. The zero-order valence-electron chi connectivity index (χ0n) is 12.5. The van der Waals surface area contributed by atoms with E-state index in [1.54, 1.807) is 0 Å². The molecule has 2 aliphatic rings. The minimum absolute atomic E-state index is 0.00594. The largest absolute Gasteiger partial charge is 0.338 e. The Morgan fingerprint density at radius 3 is 2.84 bits per heavy atom. The van der Waals surface area contributed by atoms with Crippen LogP contribution in [0.1, 0.15) is 46.0 Å². The highest BCUT2D eigenvalue weighted by molar-refractivity contribution is 5.74. The summed E-state index contributed by atoms with van der Waals surface area (Å²) in [6, 6.07) is 0.342. The van der Waals surface area contributed by atoms with Gasteiger partial charge in [0.2, 0.25) is 0 Å². The quantitative estimate of drug-likeness (QED) is 0.725. The second-order valence-electron chi connectivity index (χ2n) is 6.43. The lowest BCUT2D eigenvalue weighted by Gasteiger charge is -2.30. The van der Waals surface area contributed by atoms with Crippen LogP contribution in [0.15, 0.2) is 0 Å². The molecule has 2 atom stereocenters. The number of carbonyl (C=O) groups excluding carboxylic acids is 1. The lowest BCUT2D eigenvalue weighted by atomic mass is 10.0. The third-order valence-corrected chi connectivity index (χ3v) is 4.37. The summed E-state index contributed by atoms with van der Waals surface area (Å²) < 4.78 is 0. The molecular formula is C15H29N3O. The van der Waals surface area contributed by atoms with Crippen molar-refractivity contribution >= 4 is 6.03 Å². The summed E-state index contributed by atoms with van der Waals surface area (Å²) in [4.78, 5) is 14.2. The first-order valence-electron chi connectivity index (χ1n) is 7.92. The van der Waals surface area contributed by atoms with E-state index in [9.17, 15) is 4.79 Å². The number of likely N-dealkylation sites (tertiary alicyclic amines) is 1. The Morgan fingerprint density at radius 2 is 2.16 bits per heavy atom. The van der Waals surface area contributed by atoms with E-state index in [1.807, 2.05) is 0 Å². The normalized spacial score (nSPS) is 25.9. The Kier molecular flexibility index (Phi) is 5.49. The predicted octanol–water partition coefficient (Wildman–Crippen LogP) is 2.21. The van der Waals surface area contributed by atoms with Crippen molar-refractivity contribution in [3.8, 4) is 0 Å². The molecule has 0 aromatic rings. The van der Waals surface area contributed by atoms with Crippen LogP contribution < -0.4 is 10.6 Å². The van der Waals surface area contributed by atoms with Crippen molar-refractivity contribution in [1.29, 1.82) is 0 Å². The van der Waals surface area contributed by atoms with E-state index < -0.39 is 0 Å². The highest BCUT2D eigenvalue weighted by Gasteiger charge is 2.28. The van der Waals surface area contributed by atoms with Crippen molar-refractivity contribution in [2.24, 2.45) is 11.8 Å². The number of piperidine rings is 1. The van der Waals surface area contributed by atoms with Gasteiger partial charge in [-0.05, 0) is 64.0 Å². The molecule has 1 aliphatic heterocycles. The first-order chi connectivity index (χ1) is 9.15. The molecule has 0 aromatic carbocycles. The van der Waals surface area contributed by atoms with Gasteiger partial charge < -0.3 is 15.5 Å². The van der Waals surface area contributed by atoms with Crippen molar-refractivity contribution in [2.45, 2.75) is 52.0 Å². The van der Waals surface area contributed by atoms with Crippen LogP contribution in [0.2, 0.25) is 0 Å². The molecular weight excluding hydrogens is 238 g/mol. The van der Waals surface area contributed by atoms with Crippen molar-refractivity contribution in [1.82, 2.24) is 15.5 Å². The summed E-state index contributed by atoms with van der Waals surface area (Å²) >= 11 is 0. The van der Waals surface area contributed by atoms with Gasteiger partial charge in [-0.15, -0.1) is 0 Å². The minimum Gasteiger partial charge on any atom is -0.338 e. The Hall–Kier alpha value is -0.770. The van der Waals surface area contributed by atoms with Gasteiger partial charge in [-0.3, -0.25) is 0 Å². The number of hydrogen-bond acceptors (Lipinski definition) is 2. The van der Waals surface area contributed by atoms with E-state index in [2.05, 4.69) is 29.4 Å². The lowest BCUT2D eigenvalue weighted by Crippen LogP contribution is -2.43. The van der Waals surface area contributed by atoms with E-state index in [1.165, 1.54) is 38.8 Å². The molecule has 0 radical (unpaired) electrons. The molecule has 1 saturated carbocycles. The van der Waals surface area contributed by atoms with E-state index in [0.717, 1.165) is 31.3 Å². The summed E-state index contributed by atoms with van der Waals surface area (Å²) in [5.74, 6) is 1.56. The van der Waals surface area contributed by atoms with E-state index >= 15 is 0 Å². The first kappa shape index (κ1) is 14.6. The van der Waals surface area contributed by atoms with Crippen LogP contribution in [-0.2, 0) is 0 Å². The molecule has 2 fully saturated rings. The van der Waals surface area contributed by atoms with Gasteiger partial charge in [0.15, 0.2) is 0 Å². The summed E-state index contributed by atoms with van der Waals surface area (Å²) in [7, 11) is 0. The third kappa shape index (κ3) is 5.39. The van der Waals surface area contributed by atoms with Crippen molar-refractivity contribution in [3.63, 3.8) is 0 Å². The molecule has 110 valence electrons. The Morgan fingerprint density at radius 1 is 1.37 bits per heavy atom. The number of carbonyl (C=O) groups is 1. The molecule has 2 unspecified atom stereocenters. The van der Waals surface area contributed by atoms with Gasteiger partial charge in [-0.25, -0.2) is 4.79 Å². The number of rotatable bonds is 6. The number of hydrogen-bond donors (Lipinski definition) is 2. The Balaban J connectivity index is 1.50. The number of amides is 2. The van der Waals surface area contributed by atoms with Crippen molar-refractivity contribution < 1.29 is 4.79 Å². The zero-order valence-corrected chi connectivity index (χ0v) is 12.5. The molecule has 0 spiro atoms. The number of nitrogens with zero attached hydrogens (tertiary/aromatic N) is 1. The minimum atomic E-state index is 0.00594. The maximum atomic E-state index is 11.7. The van der Waals surface area contributed by atoms with Crippen LogP contribution in [-0.4, -0.2) is 43.2 Å². The van der Waals surface area contributed by atoms with Crippen LogP contribution in [0.3, 0.4) is 0 Å². The van der Waals surface area contributed by atoms with Gasteiger partial charge in [0, 0.05) is 19.1 Å². The molecule has 1 heterocycles. The second-order valence-corrected chi connectivity index (χ2v) is 6.43. The average Bonchev–Trinajstić information content (AvgIpc) is 3.19. The fourth-order valence-corrected chi connectivity index (χ4v) is 2.97. The number of urea groups is 1. The fourth-order valence-electron chi connectivity index (χ4n) is 2.97. The SMILES string of the molecule is CC1CCCN(CCCNC(=O)NC(C)C2CC2)C1. The topological polar surface area (TPSA) is 44.4 Å². The first-order valence-corrected chi connectivity index (χ1v) is 7.92. The highest BCUT2D eigenvalue weighted by atomic mass is 16.2. The molecule has 0 aromatic heterocycles. The molecule has 4 nitrogen and oxygen atoms in total. The second kappa shape index (κ2) is 7.13. The van der Waals surface area contributed by atoms with Gasteiger partial charge in [0.05, 0.1) is 0 Å². The third-order valence-electron chi connectivity index (χ3n) is 4.37. The average molecular weight is 267 g/mol. The van der Waals surface area contributed by atoms with Crippen LogP contribution in [0.25, 0.3) is 0 Å². The van der Waals surface area contributed by atoms with Gasteiger partial charge in [0.1, 0.15) is 0 Å². The van der Waals surface area contributed by atoms with Crippen LogP contribution >= 0.6 is 0 Å². The maximum Gasteiger partial charge on any atom is 0.315 e. The van der Waals surface area contributed by atoms with Gasteiger partial charge in [-0.2, -0.15) is 0 Å². The van der Waals surface area contributed by atoms with Gasteiger partial charge in [-0.1, -0.05) is 6.92 Å². The van der Waals surface area contributed by atoms with E-state index in [0.29, 0.717) is 6.04 Å². The standard InChI is InChI=1S/C15H29N3O/c1-12-5-3-9-18(11-12)10-4-8-16-15(19)17-13(2)14-6-7-14/h12-14H,3-11H2,1-2H3,(H2,16,17,19). The molecule has 19 heavy (non-hydrogen) atoms. The van der Waals surface area contributed by atoms with Crippen LogP contribution in [0.5, 0.6) is 0 Å². The Bertz CT molecular complexity index is 291. The maximum absolute atomic E-state index is 11.7. The monoisotopic (exact) mass is 267 g/mol. The van der Waals surface area contributed by atoms with Gasteiger partial charge >= 0.3 is 6.03 Å². The summed E-state index contributed by atoms with van der Waals surface area (Å²) in [5, 5.41) is 5.99. The summed E-state index contributed by atoms with van der Waals surface area (Å²) in [6.45, 7) is 8.79. The van der Waals surface area contributed by atoms with Crippen LogP contribution in [0, 0.1) is 11.8 Å². The van der Waals surface area contributed by atoms with E-state index in [4.69, 9.17) is 0 Å².